The molecular weight excluding hydrogens is 228 g/mol. The molecule has 1 saturated carbocycles. The third-order valence-corrected chi connectivity index (χ3v) is 3.79. The van der Waals surface area contributed by atoms with E-state index in [0.717, 1.165) is 19.3 Å². The Morgan fingerprint density at radius 2 is 1.72 bits per heavy atom. The first-order valence-electron chi connectivity index (χ1n) is 6.63. The van der Waals surface area contributed by atoms with Gasteiger partial charge in [0, 0.05) is 17.9 Å². The van der Waals surface area contributed by atoms with E-state index in [1.807, 2.05) is 18.2 Å². The molecule has 1 aromatic rings. The van der Waals surface area contributed by atoms with Crippen LogP contribution in [0.15, 0.2) is 30.3 Å². The van der Waals surface area contributed by atoms with Crippen LogP contribution in [0.4, 0.5) is 0 Å². The van der Waals surface area contributed by atoms with Crippen LogP contribution in [0.1, 0.15) is 42.5 Å². The second kappa shape index (κ2) is 6.12. The molecule has 2 atom stereocenters. The van der Waals surface area contributed by atoms with Crippen molar-refractivity contribution in [3.05, 3.63) is 35.9 Å². The van der Waals surface area contributed by atoms with Crippen LogP contribution in [0, 0.1) is 5.92 Å². The molecule has 0 saturated heterocycles. The minimum absolute atomic E-state index is 0.0839. The fourth-order valence-electron chi connectivity index (χ4n) is 2.67. The Balaban J connectivity index is 1.89. The molecule has 0 amide bonds. The summed E-state index contributed by atoms with van der Waals surface area (Å²) in [4.78, 5) is 11.9. The lowest BCUT2D eigenvalue weighted by molar-refractivity contribution is -0.0268. The Labute approximate surface area is 107 Å². The molecular formula is C15H20O3. The maximum atomic E-state index is 11.9. The van der Waals surface area contributed by atoms with Crippen LogP contribution in [0.5, 0.6) is 0 Å². The highest BCUT2D eigenvalue weighted by atomic mass is 16.3. The van der Waals surface area contributed by atoms with Crippen molar-refractivity contribution in [1.82, 2.24) is 0 Å². The van der Waals surface area contributed by atoms with Crippen LogP contribution in [0.3, 0.4) is 0 Å². The summed E-state index contributed by atoms with van der Waals surface area (Å²) < 4.78 is 0. The Morgan fingerprint density at radius 1 is 1.11 bits per heavy atom. The second-order valence-electron chi connectivity index (χ2n) is 5.06. The molecule has 1 aliphatic rings. The average molecular weight is 248 g/mol. The van der Waals surface area contributed by atoms with Gasteiger partial charge in [-0.25, -0.2) is 0 Å². The molecule has 0 aliphatic heterocycles. The number of carbonyl (C=O) groups excluding carboxylic acids is 1. The first kappa shape index (κ1) is 13.2. The average Bonchev–Trinajstić information content (AvgIpc) is 2.39. The van der Waals surface area contributed by atoms with Gasteiger partial charge in [0.15, 0.2) is 5.78 Å². The van der Waals surface area contributed by atoms with Crippen LogP contribution in [-0.2, 0) is 0 Å². The summed E-state index contributed by atoms with van der Waals surface area (Å²) >= 11 is 0. The van der Waals surface area contributed by atoms with Crippen molar-refractivity contribution in [3.63, 3.8) is 0 Å². The van der Waals surface area contributed by atoms with Crippen LogP contribution in [-0.4, -0.2) is 28.2 Å². The van der Waals surface area contributed by atoms with Gasteiger partial charge in [0.25, 0.3) is 0 Å². The van der Waals surface area contributed by atoms with Crippen molar-refractivity contribution in [1.29, 1.82) is 0 Å². The van der Waals surface area contributed by atoms with Crippen molar-refractivity contribution in [2.45, 2.75) is 44.3 Å². The molecule has 0 spiro atoms. The molecule has 18 heavy (non-hydrogen) atoms. The second-order valence-corrected chi connectivity index (χ2v) is 5.06. The van der Waals surface area contributed by atoms with Crippen molar-refractivity contribution in [3.8, 4) is 0 Å². The van der Waals surface area contributed by atoms with E-state index in [4.69, 9.17) is 0 Å². The highest BCUT2D eigenvalue weighted by Crippen LogP contribution is 2.28. The fourth-order valence-corrected chi connectivity index (χ4v) is 2.67. The van der Waals surface area contributed by atoms with Crippen LogP contribution in [0.2, 0.25) is 0 Å². The van der Waals surface area contributed by atoms with Gasteiger partial charge in [-0.1, -0.05) is 30.3 Å². The normalized spacial score (nSPS) is 28.0. The number of aliphatic hydroxyl groups is 2. The van der Waals surface area contributed by atoms with Gasteiger partial charge < -0.3 is 10.2 Å². The Morgan fingerprint density at radius 3 is 2.33 bits per heavy atom. The van der Waals surface area contributed by atoms with Crippen molar-refractivity contribution >= 4 is 5.78 Å². The van der Waals surface area contributed by atoms with Gasteiger partial charge in [0.05, 0.1) is 12.2 Å². The first-order valence-corrected chi connectivity index (χ1v) is 6.63. The van der Waals surface area contributed by atoms with E-state index in [2.05, 4.69) is 0 Å². The van der Waals surface area contributed by atoms with Gasteiger partial charge in [-0.05, 0) is 25.7 Å². The van der Waals surface area contributed by atoms with Gasteiger partial charge in [-0.2, -0.15) is 0 Å². The van der Waals surface area contributed by atoms with Crippen molar-refractivity contribution in [2.75, 3.05) is 0 Å². The predicted octanol–water partition coefficient (Wildman–Crippen LogP) is 2.17. The van der Waals surface area contributed by atoms with Gasteiger partial charge in [0.1, 0.15) is 0 Å². The lowest BCUT2D eigenvalue weighted by atomic mass is 9.80. The van der Waals surface area contributed by atoms with Crippen LogP contribution in [0.25, 0.3) is 0 Å². The Kier molecular flexibility index (Phi) is 4.50. The Hall–Kier alpha value is -1.19. The topological polar surface area (TPSA) is 57.5 Å². The van der Waals surface area contributed by atoms with E-state index in [1.165, 1.54) is 0 Å². The van der Waals surface area contributed by atoms with Gasteiger partial charge >= 0.3 is 0 Å². The molecule has 1 aromatic carbocycles. The van der Waals surface area contributed by atoms with E-state index < -0.39 is 12.2 Å². The molecule has 0 bridgehead atoms. The van der Waals surface area contributed by atoms with Crippen LogP contribution < -0.4 is 0 Å². The number of Topliss-reactive ketones (excluding diaryl/α,β-unsaturated/α-hetero) is 1. The number of aliphatic hydroxyl groups excluding tert-OH is 2. The maximum absolute atomic E-state index is 11.9. The molecule has 1 aliphatic carbocycles. The maximum Gasteiger partial charge on any atom is 0.162 e. The highest BCUT2D eigenvalue weighted by Gasteiger charge is 2.30. The number of hydrogen-bond donors (Lipinski definition) is 2. The van der Waals surface area contributed by atoms with Crippen molar-refractivity contribution in [2.24, 2.45) is 5.92 Å². The minimum atomic E-state index is -0.461. The molecule has 3 nitrogen and oxygen atoms in total. The zero-order valence-electron chi connectivity index (χ0n) is 10.5. The molecule has 1 fully saturated rings. The van der Waals surface area contributed by atoms with Gasteiger partial charge in [0.2, 0.25) is 0 Å². The summed E-state index contributed by atoms with van der Waals surface area (Å²) in [6.45, 7) is 0. The number of benzene rings is 1. The largest absolute Gasteiger partial charge is 0.393 e. The number of ketones is 1. The van der Waals surface area contributed by atoms with E-state index >= 15 is 0 Å². The summed E-state index contributed by atoms with van der Waals surface area (Å²) in [5.41, 5.74) is 0.706. The SMILES string of the molecule is O=C(CCC1C(O)CCCC1O)c1ccccc1. The molecule has 98 valence electrons. The Bertz CT molecular complexity index is 378. The minimum Gasteiger partial charge on any atom is -0.393 e. The summed E-state index contributed by atoms with van der Waals surface area (Å²) in [7, 11) is 0. The monoisotopic (exact) mass is 248 g/mol. The smallest absolute Gasteiger partial charge is 0.162 e. The lowest BCUT2D eigenvalue weighted by Gasteiger charge is -2.32. The van der Waals surface area contributed by atoms with E-state index in [-0.39, 0.29) is 11.7 Å². The van der Waals surface area contributed by atoms with E-state index in [1.54, 1.807) is 12.1 Å². The van der Waals surface area contributed by atoms with Crippen molar-refractivity contribution < 1.29 is 15.0 Å². The number of carbonyl (C=O) groups is 1. The zero-order valence-corrected chi connectivity index (χ0v) is 10.5. The molecule has 2 unspecified atom stereocenters. The van der Waals surface area contributed by atoms with E-state index in [9.17, 15) is 15.0 Å². The molecule has 3 heteroatoms. The fraction of sp³-hybridized carbons (Fsp3) is 0.533. The van der Waals surface area contributed by atoms with Gasteiger partial charge in [-0.15, -0.1) is 0 Å². The zero-order chi connectivity index (χ0) is 13.0. The number of rotatable bonds is 4. The van der Waals surface area contributed by atoms with Crippen LogP contribution >= 0.6 is 0 Å². The molecule has 2 N–H and O–H groups in total. The highest BCUT2D eigenvalue weighted by molar-refractivity contribution is 5.95. The standard InChI is InChI=1S/C15H20O3/c16-13(11-5-2-1-3-6-11)10-9-12-14(17)7-4-8-15(12)18/h1-3,5-6,12,14-15,17-18H,4,7-10H2. The summed E-state index contributed by atoms with van der Waals surface area (Å²) in [6.07, 6.45) is 2.38. The summed E-state index contributed by atoms with van der Waals surface area (Å²) in [5, 5.41) is 19.7. The quantitative estimate of drug-likeness (QED) is 0.803. The third-order valence-electron chi connectivity index (χ3n) is 3.79. The van der Waals surface area contributed by atoms with Gasteiger partial charge in [-0.3, -0.25) is 4.79 Å². The first-order chi connectivity index (χ1) is 8.68. The molecule has 0 aromatic heterocycles. The molecule has 0 radical (unpaired) electrons. The number of hydrogen-bond acceptors (Lipinski definition) is 3. The summed E-state index contributed by atoms with van der Waals surface area (Å²) in [5.74, 6) is -0.0630. The third kappa shape index (κ3) is 3.18. The predicted molar refractivity (Wildman–Crippen MR) is 69.4 cm³/mol. The summed E-state index contributed by atoms with van der Waals surface area (Å²) in [6, 6.07) is 9.17. The lowest BCUT2D eigenvalue weighted by Crippen LogP contribution is -2.36. The van der Waals surface area contributed by atoms with E-state index in [0.29, 0.717) is 18.4 Å². The molecule has 2 rings (SSSR count). The molecule has 0 heterocycles.